The quantitative estimate of drug-likeness (QED) is 0.833. The maximum atomic E-state index is 5.78. The Labute approximate surface area is 96.8 Å². The fourth-order valence-corrected chi connectivity index (χ4v) is 1.51. The average Bonchev–Trinajstić information content (AvgIpc) is 2.23. The molecular weight excluding hydrogens is 233 g/mol. The number of halogens is 2. The molecule has 0 atom stereocenters. The summed E-state index contributed by atoms with van der Waals surface area (Å²) in [6.45, 7) is 0. The smallest absolute Gasteiger partial charge is 0.154 e. The maximum absolute atomic E-state index is 5.78. The van der Waals surface area contributed by atoms with Gasteiger partial charge in [-0.3, -0.25) is 0 Å². The summed E-state index contributed by atoms with van der Waals surface area (Å²) in [5.41, 5.74) is 7.36. The number of hydrogen-bond donors (Lipinski definition) is 1. The van der Waals surface area contributed by atoms with Gasteiger partial charge in [0.1, 0.15) is 0 Å². The normalized spacial score (nSPS) is 10.3. The van der Waals surface area contributed by atoms with E-state index in [4.69, 9.17) is 28.9 Å². The van der Waals surface area contributed by atoms with Crippen molar-refractivity contribution in [2.75, 3.05) is 5.73 Å². The van der Waals surface area contributed by atoms with Crippen LogP contribution in [0.1, 0.15) is 0 Å². The van der Waals surface area contributed by atoms with Crippen LogP contribution in [0.15, 0.2) is 30.3 Å². The summed E-state index contributed by atoms with van der Waals surface area (Å²) in [5, 5.41) is 8.37. The number of rotatable bonds is 1. The Kier molecular flexibility index (Phi) is 2.75. The van der Waals surface area contributed by atoms with E-state index in [0.717, 1.165) is 11.1 Å². The standard InChI is InChI=1S/C10H7Cl2N3/c11-7-3-1-6(2-4-7)8-5-9(12)14-15-10(8)13/h1-5H,(H2,13,15). The van der Waals surface area contributed by atoms with E-state index >= 15 is 0 Å². The van der Waals surface area contributed by atoms with Crippen molar-refractivity contribution in [2.45, 2.75) is 0 Å². The molecule has 0 bridgehead atoms. The third-order valence-corrected chi connectivity index (χ3v) is 2.38. The lowest BCUT2D eigenvalue weighted by atomic mass is 10.1. The van der Waals surface area contributed by atoms with Crippen molar-refractivity contribution in [3.05, 3.63) is 40.5 Å². The zero-order valence-corrected chi connectivity index (χ0v) is 9.13. The highest BCUT2D eigenvalue weighted by Gasteiger charge is 2.05. The first-order valence-electron chi connectivity index (χ1n) is 4.21. The van der Waals surface area contributed by atoms with Crippen LogP contribution in [0.5, 0.6) is 0 Å². The molecular formula is C10H7Cl2N3. The van der Waals surface area contributed by atoms with E-state index in [1.54, 1.807) is 18.2 Å². The van der Waals surface area contributed by atoms with Gasteiger partial charge in [0.15, 0.2) is 11.0 Å². The lowest BCUT2D eigenvalue weighted by molar-refractivity contribution is 1.04. The van der Waals surface area contributed by atoms with Gasteiger partial charge in [-0.1, -0.05) is 35.3 Å². The molecule has 0 fully saturated rings. The number of nitrogens with two attached hydrogens (primary N) is 1. The van der Waals surface area contributed by atoms with Crippen LogP contribution in [-0.2, 0) is 0 Å². The molecule has 0 spiro atoms. The number of nitrogen functional groups attached to an aromatic ring is 1. The van der Waals surface area contributed by atoms with Crippen LogP contribution in [0.4, 0.5) is 5.82 Å². The molecule has 5 heteroatoms. The molecule has 0 radical (unpaired) electrons. The largest absolute Gasteiger partial charge is 0.382 e. The Bertz CT molecular complexity index is 483. The summed E-state index contributed by atoms with van der Waals surface area (Å²) in [7, 11) is 0. The van der Waals surface area contributed by atoms with Crippen molar-refractivity contribution in [2.24, 2.45) is 0 Å². The van der Waals surface area contributed by atoms with Gasteiger partial charge in [-0.2, -0.15) is 0 Å². The van der Waals surface area contributed by atoms with Crippen molar-refractivity contribution in [3.63, 3.8) is 0 Å². The third kappa shape index (κ3) is 2.19. The first kappa shape index (κ1) is 10.2. The average molecular weight is 240 g/mol. The van der Waals surface area contributed by atoms with Gasteiger partial charge in [0, 0.05) is 10.6 Å². The van der Waals surface area contributed by atoms with Gasteiger partial charge in [0.2, 0.25) is 0 Å². The molecule has 0 saturated heterocycles. The summed E-state index contributed by atoms with van der Waals surface area (Å²) in [6.07, 6.45) is 0. The Hall–Kier alpha value is -1.32. The highest BCUT2D eigenvalue weighted by molar-refractivity contribution is 6.30. The Balaban J connectivity index is 2.53. The molecule has 3 nitrogen and oxygen atoms in total. The van der Waals surface area contributed by atoms with Gasteiger partial charge < -0.3 is 5.73 Å². The second kappa shape index (κ2) is 4.04. The minimum absolute atomic E-state index is 0.314. The summed E-state index contributed by atoms with van der Waals surface area (Å²) in [4.78, 5) is 0. The zero-order valence-electron chi connectivity index (χ0n) is 7.61. The van der Waals surface area contributed by atoms with E-state index in [1.807, 2.05) is 12.1 Å². The minimum Gasteiger partial charge on any atom is -0.382 e. The van der Waals surface area contributed by atoms with Crippen molar-refractivity contribution >= 4 is 29.0 Å². The van der Waals surface area contributed by atoms with Crippen molar-refractivity contribution in [1.29, 1.82) is 0 Å². The van der Waals surface area contributed by atoms with E-state index < -0.39 is 0 Å². The highest BCUT2D eigenvalue weighted by Crippen LogP contribution is 2.26. The summed E-state index contributed by atoms with van der Waals surface area (Å²) < 4.78 is 0. The monoisotopic (exact) mass is 239 g/mol. The zero-order chi connectivity index (χ0) is 10.8. The van der Waals surface area contributed by atoms with Crippen LogP contribution in [0, 0.1) is 0 Å². The van der Waals surface area contributed by atoms with Crippen LogP contribution < -0.4 is 5.73 Å². The van der Waals surface area contributed by atoms with Gasteiger partial charge in [0.25, 0.3) is 0 Å². The van der Waals surface area contributed by atoms with Crippen LogP contribution in [0.3, 0.4) is 0 Å². The van der Waals surface area contributed by atoms with Crippen LogP contribution in [0.2, 0.25) is 10.2 Å². The molecule has 1 aromatic heterocycles. The fraction of sp³-hybridized carbons (Fsp3) is 0. The SMILES string of the molecule is Nc1nnc(Cl)cc1-c1ccc(Cl)cc1. The van der Waals surface area contributed by atoms with Crippen LogP contribution >= 0.6 is 23.2 Å². The van der Waals surface area contributed by atoms with Gasteiger partial charge in [-0.15, -0.1) is 10.2 Å². The molecule has 0 saturated carbocycles. The van der Waals surface area contributed by atoms with E-state index in [0.29, 0.717) is 16.0 Å². The predicted molar refractivity (Wildman–Crippen MR) is 61.9 cm³/mol. The molecule has 1 heterocycles. The maximum Gasteiger partial charge on any atom is 0.154 e. The van der Waals surface area contributed by atoms with Gasteiger partial charge in [-0.25, -0.2) is 0 Å². The molecule has 0 aliphatic heterocycles. The van der Waals surface area contributed by atoms with Crippen LogP contribution in [-0.4, -0.2) is 10.2 Å². The predicted octanol–water partition coefficient (Wildman–Crippen LogP) is 3.03. The molecule has 0 aliphatic rings. The highest BCUT2D eigenvalue weighted by atomic mass is 35.5. The molecule has 2 aromatic rings. The molecule has 15 heavy (non-hydrogen) atoms. The second-order valence-corrected chi connectivity index (χ2v) is 3.80. The first-order valence-corrected chi connectivity index (χ1v) is 4.97. The lowest BCUT2D eigenvalue weighted by Crippen LogP contribution is -1.96. The Morgan fingerprint density at radius 2 is 1.67 bits per heavy atom. The molecule has 2 rings (SSSR count). The van der Waals surface area contributed by atoms with Crippen molar-refractivity contribution in [3.8, 4) is 11.1 Å². The number of anilines is 1. The van der Waals surface area contributed by atoms with Gasteiger partial charge >= 0.3 is 0 Å². The van der Waals surface area contributed by atoms with Crippen molar-refractivity contribution in [1.82, 2.24) is 10.2 Å². The van der Waals surface area contributed by atoms with Gasteiger partial charge in [0.05, 0.1) is 0 Å². The molecule has 0 amide bonds. The second-order valence-electron chi connectivity index (χ2n) is 2.97. The van der Waals surface area contributed by atoms with E-state index in [1.165, 1.54) is 0 Å². The molecule has 0 aliphatic carbocycles. The lowest BCUT2D eigenvalue weighted by Gasteiger charge is -2.04. The Morgan fingerprint density at radius 1 is 1.00 bits per heavy atom. The molecule has 0 unspecified atom stereocenters. The number of nitrogens with zero attached hydrogens (tertiary/aromatic N) is 2. The first-order chi connectivity index (χ1) is 7.16. The van der Waals surface area contributed by atoms with E-state index in [2.05, 4.69) is 10.2 Å². The van der Waals surface area contributed by atoms with E-state index in [-0.39, 0.29) is 0 Å². The Morgan fingerprint density at radius 3 is 2.33 bits per heavy atom. The van der Waals surface area contributed by atoms with Crippen molar-refractivity contribution < 1.29 is 0 Å². The van der Waals surface area contributed by atoms with Gasteiger partial charge in [-0.05, 0) is 23.8 Å². The molecule has 76 valence electrons. The molecule has 1 aromatic carbocycles. The number of aromatic nitrogens is 2. The number of hydrogen-bond acceptors (Lipinski definition) is 3. The topological polar surface area (TPSA) is 51.8 Å². The summed E-state index contributed by atoms with van der Waals surface area (Å²) >= 11 is 11.5. The minimum atomic E-state index is 0.314. The van der Waals surface area contributed by atoms with E-state index in [9.17, 15) is 0 Å². The fourth-order valence-electron chi connectivity index (χ4n) is 1.24. The summed E-state index contributed by atoms with van der Waals surface area (Å²) in [6, 6.07) is 8.94. The third-order valence-electron chi connectivity index (χ3n) is 1.95. The van der Waals surface area contributed by atoms with Crippen LogP contribution in [0.25, 0.3) is 11.1 Å². The summed E-state index contributed by atoms with van der Waals surface area (Å²) in [5.74, 6) is 0.349. The molecule has 2 N–H and O–H groups in total. The number of benzene rings is 1.